The normalized spacial score (nSPS) is 11.1. The summed E-state index contributed by atoms with van der Waals surface area (Å²) in [5.74, 6) is -0.371. The van der Waals surface area contributed by atoms with Crippen molar-refractivity contribution in [3.63, 3.8) is 0 Å². The molecule has 0 spiro atoms. The van der Waals surface area contributed by atoms with Gasteiger partial charge in [0.2, 0.25) is 0 Å². The Bertz CT molecular complexity index is 1150. The van der Waals surface area contributed by atoms with Crippen molar-refractivity contribution in [2.24, 2.45) is 0 Å². The van der Waals surface area contributed by atoms with E-state index in [1.54, 1.807) is 17.4 Å². The van der Waals surface area contributed by atoms with E-state index >= 15 is 0 Å². The molecule has 2 aromatic carbocycles. The molecule has 0 saturated carbocycles. The molecule has 4 rings (SSSR count). The van der Waals surface area contributed by atoms with Crippen LogP contribution in [-0.4, -0.2) is 15.7 Å². The number of ether oxygens (including phenoxy) is 1. The third-order valence-corrected chi connectivity index (χ3v) is 5.47. The maximum Gasteiger partial charge on any atom is 0.331 e. The molecule has 0 N–H and O–H groups in total. The Morgan fingerprint density at radius 1 is 1.07 bits per heavy atom. The van der Waals surface area contributed by atoms with E-state index in [2.05, 4.69) is 12.1 Å². The minimum atomic E-state index is -0.371. The van der Waals surface area contributed by atoms with Crippen molar-refractivity contribution in [2.45, 2.75) is 20.1 Å². The lowest BCUT2D eigenvalue weighted by Gasteiger charge is -2.03. The summed E-state index contributed by atoms with van der Waals surface area (Å²) < 4.78 is 7.29. The molecule has 0 aliphatic carbocycles. The second-order valence-corrected chi connectivity index (χ2v) is 7.97. The molecule has 150 valence electrons. The lowest BCUT2D eigenvalue weighted by atomic mass is 10.1. The summed E-state index contributed by atoms with van der Waals surface area (Å²) in [6, 6.07) is 22.2. The van der Waals surface area contributed by atoms with Gasteiger partial charge in [-0.3, -0.25) is 4.68 Å². The van der Waals surface area contributed by atoms with Crippen LogP contribution in [0.15, 0.2) is 84.4 Å². The number of carbonyl (C=O) groups is 1. The average Bonchev–Trinajstić information content (AvgIpc) is 3.41. The molecule has 0 fully saturated rings. The van der Waals surface area contributed by atoms with Gasteiger partial charge in [0.1, 0.15) is 12.3 Å². The zero-order chi connectivity index (χ0) is 20.8. The van der Waals surface area contributed by atoms with Gasteiger partial charge >= 0.3 is 5.97 Å². The number of benzene rings is 2. The highest BCUT2D eigenvalue weighted by atomic mass is 32.1. The van der Waals surface area contributed by atoms with Crippen molar-refractivity contribution in [3.05, 3.63) is 107 Å². The minimum absolute atomic E-state index is 0.260. The number of nitrogens with zero attached hydrogens (tertiary/aromatic N) is 2. The second-order valence-electron chi connectivity index (χ2n) is 7.02. The van der Waals surface area contributed by atoms with Gasteiger partial charge in [-0.2, -0.15) is 5.10 Å². The molecule has 0 saturated heterocycles. The van der Waals surface area contributed by atoms with Crippen LogP contribution in [0.2, 0.25) is 0 Å². The van der Waals surface area contributed by atoms with Crippen LogP contribution in [0.1, 0.15) is 22.3 Å². The number of aromatic nitrogens is 2. The first-order valence-electron chi connectivity index (χ1n) is 9.73. The average molecular weight is 415 g/mol. The van der Waals surface area contributed by atoms with E-state index in [4.69, 9.17) is 9.84 Å². The zero-order valence-corrected chi connectivity index (χ0v) is 17.5. The first-order chi connectivity index (χ1) is 14.7. The third-order valence-electron chi connectivity index (χ3n) is 4.59. The number of thiophene rings is 1. The van der Waals surface area contributed by atoms with E-state index in [1.807, 2.05) is 77.8 Å². The Morgan fingerprint density at radius 3 is 2.67 bits per heavy atom. The molecule has 0 bridgehead atoms. The fourth-order valence-electron chi connectivity index (χ4n) is 3.18. The summed E-state index contributed by atoms with van der Waals surface area (Å²) in [4.78, 5) is 13.3. The molecule has 30 heavy (non-hydrogen) atoms. The summed E-state index contributed by atoms with van der Waals surface area (Å²) in [6.07, 6.45) is 5.21. The van der Waals surface area contributed by atoms with E-state index in [1.165, 1.54) is 11.6 Å². The Hall–Kier alpha value is -3.44. The zero-order valence-electron chi connectivity index (χ0n) is 16.7. The minimum Gasteiger partial charge on any atom is -0.458 e. The van der Waals surface area contributed by atoms with E-state index < -0.39 is 0 Å². The summed E-state index contributed by atoms with van der Waals surface area (Å²) in [6.45, 7) is 2.95. The van der Waals surface area contributed by atoms with Crippen molar-refractivity contribution in [2.75, 3.05) is 0 Å². The number of hydrogen-bond donors (Lipinski definition) is 0. The summed E-state index contributed by atoms with van der Waals surface area (Å²) >= 11 is 1.63. The first-order valence-corrected chi connectivity index (χ1v) is 10.6. The van der Waals surface area contributed by atoms with E-state index in [9.17, 15) is 4.79 Å². The van der Waals surface area contributed by atoms with Crippen LogP contribution in [0.3, 0.4) is 0 Å². The second kappa shape index (κ2) is 9.37. The molecule has 2 heterocycles. The van der Waals surface area contributed by atoms with Gasteiger partial charge in [-0.1, -0.05) is 66.2 Å². The molecule has 2 aromatic heterocycles. The molecule has 5 heteroatoms. The van der Waals surface area contributed by atoms with Crippen molar-refractivity contribution < 1.29 is 9.53 Å². The van der Waals surface area contributed by atoms with Gasteiger partial charge in [0.05, 0.1) is 11.4 Å². The summed E-state index contributed by atoms with van der Waals surface area (Å²) in [5.41, 5.74) is 5.05. The van der Waals surface area contributed by atoms with E-state index in [0.29, 0.717) is 6.54 Å². The van der Waals surface area contributed by atoms with Crippen LogP contribution in [0, 0.1) is 6.92 Å². The fourth-order valence-corrected chi connectivity index (χ4v) is 3.91. The Kier molecular flexibility index (Phi) is 6.20. The number of carbonyl (C=O) groups excluding carboxylic acids is 1. The molecular formula is C25H22N2O2S. The maximum absolute atomic E-state index is 12.2. The largest absolute Gasteiger partial charge is 0.458 e. The Morgan fingerprint density at radius 2 is 1.90 bits per heavy atom. The van der Waals surface area contributed by atoms with Crippen LogP contribution in [0.25, 0.3) is 16.6 Å². The maximum atomic E-state index is 12.2. The predicted molar refractivity (Wildman–Crippen MR) is 121 cm³/mol. The van der Waals surface area contributed by atoms with Crippen LogP contribution in [0.4, 0.5) is 0 Å². The van der Waals surface area contributed by atoms with E-state index in [0.717, 1.165) is 27.3 Å². The smallest absolute Gasteiger partial charge is 0.331 e. The van der Waals surface area contributed by atoms with Crippen LogP contribution in [-0.2, 0) is 22.7 Å². The molecule has 0 radical (unpaired) electrons. The van der Waals surface area contributed by atoms with Crippen LogP contribution < -0.4 is 0 Å². The Labute approximate surface area is 180 Å². The SMILES string of the molecule is Cc1cccc(COC(=O)/C=C/c2cn(Cc3ccccc3)nc2-c2cccs2)c1. The molecular weight excluding hydrogens is 392 g/mol. The van der Waals surface area contributed by atoms with Gasteiger partial charge in [0.25, 0.3) is 0 Å². The Balaban J connectivity index is 1.49. The standard InChI is InChI=1S/C25H22N2O2S/c1-19-7-5-10-21(15-19)18-29-24(28)13-12-22-17-27(16-20-8-3-2-4-9-20)26-25(22)23-11-6-14-30-23/h2-15,17H,16,18H2,1H3/b13-12+. The highest BCUT2D eigenvalue weighted by Gasteiger charge is 2.11. The van der Waals surface area contributed by atoms with Gasteiger partial charge in [-0.05, 0) is 35.6 Å². The highest BCUT2D eigenvalue weighted by molar-refractivity contribution is 7.13. The number of rotatable bonds is 7. The third kappa shape index (κ3) is 5.13. The fraction of sp³-hybridized carbons (Fsp3) is 0.120. The van der Waals surface area contributed by atoms with Crippen molar-refractivity contribution in [1.82, 2.24) is 9.78 Å². The monoisotopic (exact) mass is 414 g/mol. The first kappa shape index (κ1) is 19.9. The van der Waals surface area contributed by atoms with Crippen LogP contribution >= 0.6 is 11.3 Å². The van der Waals surface area contributed by atoms with Gasteiger partial charge in [-0.15, -0.1) is 11.3 Å². The molecule has 0 unspecified atom stereocenters. The quantitative estimate of drug-likeness (QED) is 0.287. The number of aryl methyl sites for hydroxylation is 1. The number of hydrogen-bond acceptors (Lipinski definition) is 4. The summed E-state index contributed by atoms with van der Waals surface area (Å²) in [5, 5.41) is 6.78. The molecule has 0 amide bonds. The van der Waals surface area contributed by atoms with Gasteiger partial charge < -0.3 is 4.74 Å². The molecule has 4 aromatic rings. The van der Waals surface area contributed by atoms with Crippen molar-refractivity contribution >= 4 is 23.4 Å². The molecule has 0 atom stereocenters. The lowest BCUT2D eigenvalue weighted by Crippen LogP contribution is -2.00. The molecule has 0 aliphatic heterocycles. The van der Waals surface area contributed by atoms with Crippen molar-refractivity contribution in [1.29, 1.82) is 0 Å². The summed E-state index contributed by atoms with van der Waals surface area (Å²) in [7, 11) is 0. The van der Waals surface area contributed by atoms with E-state index in [-0.39, 0.29) is 12.6 Å². The molecule has 4 nitrogen and oxygen atoms in total. The van der Waals surface area contributed by atoms with Gasteiger partial charge in [0, 0.05) is 17.8 Å². The van der Waals surface area contributed by atoms with Gasteiger partial charge in [0.15, 0.2) is 0 Å². The topological polar surface area (TPSA) is 44.1 Å². The van der Waals surface area contributed by atoms with Gasteiger partial charge in [-0.25, -0.2) is 4.79 Å². The van der Waals surface area contributed by atoms with Crippen molar-refractivity contribution in [3.8, 4) is 10.6 Å². The van der Waals surface area contributed by atoms with Crippen LogP contribution in [0.5, 0.6) is 0 Å². The number of esters is 1. The lowest BCUT2D eigenvalue weighted by molar-refractivity contribution is -0.138. The highest BCUT2D eigenvalue weighted by Crippen LogP contribution is 2.27. The molecule has 0 aliphatic rings. The predicted octanol–water partition coefficient (Wildman–Crippen LogP) is 5.72.